The summed E-state index contributed by atoms with van der Waals surface area (Å²) in [5.41, 5.74) is 3.88. The van der Waals surface area contributed by atoms with Gasteiger partial charge in [0.1, 0.15) is 0 Å². The van der Waals surface area contributed by atoms with Gasteiger partial charge in [-0.2, -0.15) is 0 Å². The summed E-state index contributed by atoms with van der Waals surface area (Å²) in [5.74, 6) is 0. The average molecular weight is 210 g/mol. The Morgan fingerprint density at radius 3 is 1.93 bits per heavy atom. The largest absolute Gasteiger partial charge is 0.452 e. The molecule has 0 aliphatic rings. The molecule has 0 unspecified atom stereocenters. The van der Waals surface area contributed by atoms with E-state index >= 15 is 0 Å². The summed E-state index contributed by atoms with van der Waals surface area (Å²) in [5, 5.41) is 0. The zero-order chi connectivity index (χ0) is 11.4. The minimum absolute atomic E-state index is 0. The second-order valence-electron chi connectivity index (χ2n) is 2.17. The molecule has 0 bridgehead atoms. The number of methoxy groups -OCH3 is 1. The Bertz CT molecular complexity index is 170. The molecular formula is C8H22N2O4. The van der Waals surface area contributed by atoms with Gasteiger partial charge in [-0.3, -0.25) is 0 Å². The van der Waals surface area contributed by atoms with Gasteiger partial charge in [0.25, 0.3) is 0 Å². The molecule has 6 nitrogen and oxygen atoms in total. The van der Waals surface area contributed by atoms with Gasteiger partial charge in [-0.1, -0.05) is 20.3 Å². The molecule has 6 heteroatoms. The van der Waals surface area contributed by atoms with Crippen LogP contribution in [0.4, 0.5) is 9.59 Å². The topological polar surface area (TPSA) is 76.7 Å². The third kappa shape index (κ3) is 13.2. The van der Waals surface area contributed by atoms with Crippen molar-refractivity contribution >= 4 is 12.2 Å². The first-order valence-corrected chi connectivity index (χ1v) is 4.38. The molecular weight excluding hydrogens is 188 g/mol. The molecule has 0 saturated carbocycles. The number of rotatable bonds is 1. The van der Waals surface area contributed by atoms with E-state index < -0.39 is 12.2 Å². The zero-order valence-corrected chi connectivity index (χ0v) is 9.05. The van der Waals surface area contributed by atoms with Crippen molar-refractivity contribution in [2.75, 3.05) is 13.7 Å². The maximum atomic E-state index is 10.5. The van der Waals surface area contributed by atoms with E-state index in [-0.39, 0.29) is 9.46 Å². The lowest BCUT2D eigenvalue weighted by Crippen LogP contribution is -2.41. The van der Waals surface area contributed by atoms with E-state index in [9.17, 15) is 9.59 Å². The quantitative estimate of drug-likeness (QED) is 0.648. The fourth-order valence-electron chi connectivity index (χ4n) is 0.320. The highest BCUT2D eigenvalue weighted by Gasteiger charge is 2.01. The van der Waals surface area contributed by atoms with Crippen molar-refractivity contribution in [2.24, 2.45) is 0 Å². The van der Waals surface area contributed by atoms with Crippen LogP contribution in [0.5, 0.6) is 0 Å². The number of hydrogen-bond donors (Lipinski definition) is 2. The summed E-state index contributed by atoms with van der Waals surface area (Å²) in [4.78, 5) is 20.8. The fourth-order valence-corrected chi connectivity index (χ4v) is 0.320. The molecule has 0 radical (unpaired) electrons. The molecule has 88 valence electrons. The molecule has 2 amide bonds. The molecule has 2 N–H and O–H groups in total. The smallest absolute Gasteiger partial charge is 0.426 e. The summed E-state index contributed by atoms with van der Waals surface area (Å²) in [7, 11) is 1.18. The lowest BCUT2D eigenvalue weighted by molar-refractivity contribution is 0.137. The summed E-state index contributed by atoms with van der Waals surface area (Å²) in [6.07, 6.45) is -0.226. The Hall–Kier alpha value is -1.46. The van der Waals surface area contributed by atoms with Crippen LogP contribution in [0.3, 0.4) is 0 Å². The molecule has 0 fully saturated rings. The third-order valence-electron chi connectivity index (χ3n) is 0.727. The van der Waals surface area contributed by atoms with Crippen LogP contribution in [0, 0.1) is 0 Å². The van der Waals surface area contributed by atoms with Gasteiger partial charge in [-0.15, -0.1) is 0 Å². The molecule has 0 rings (SSSR count). The third-order valence-corrected chi connectivity index (χ3v) is 0.727. The molecule has 0 aromatic carbocycles. The Balaban J connectivity index is -0.000000129. The lowest BCUT2D eigenvalue weighted by atomic mass is 10.6. The lowest BCUT2D eigenvalue weighted by Gasteiger charge is -2.04. The maximum absolute atomic E-state index is 10.5. The summed E-state index contributed by atoms with van der Waals surface area (Å²) < 4.78 is 8.57. The molecule has 0 atom stereocenters. The van der Waals surface area contributed by atoms with E-state index in [0.717, 1.165) is 0 Å². The van der Waals surface area contributed by atoms with E-state index in [0.29, 0.717) is 0 Å². The summed E-state index contributed by atoms with van der Waals surface area (Å²) >= 11 is 0. The minimum atomic E-state index is -0.752. The van der Waals surface area contributed by atoms with Gasteiger partial charge in [0, 0.05) is 2.85 Å². The van der Waals surface area contributed by atoms with E-state index in [1.54, 1.807) is 6.92 Å². The van der Waals surface area contributed by atoms with Crippen molar-refractivity contribution < 1.29 is 21.9 Å². The molecule has 0 aliphatic carbocycles. The molecule has 0 aromatic rings. The predicted octanol–water partition coefficient (Wildman–Crippen LogP) is 1.91. The maximum Gasteiger partial charge on any atom is 0.426 e. The number of nitrogens with one attached hydrogen (secondary N) is 2. The first-order chi connectivity index (χ1) is 6.62. The molecule has 0 spiro atoms. The number of hydrogen-bond acceptors (Lipinski definition) is 4. The number of ether oxygens (including phenoxy) is 2. The van der Waals surface area contributed by atoms with E-state index in [4.69, 9.17) is 0 Å². The molecule has 14 heavy (non-hydrogen) atoms. The van der Waals surface area contributed by atoms with Gasteiger partial charge in [0.05, 0.1) is 13.7 Å². The Labute approximate surface area is 86.9 Å². The SMILES string of the molecule is CCC.CCOC(=O)NNC(=O)OC.[HH].[HH]. The number of carbonyl (C=O) groups is 2. The van der Waals surface area contributed by atoms with Gasteiger partial charge in [0.2, 0.25) is 0 Å². The van der Waals surface area contributed by atoms with E-state index in [1.165, 1.54) is 13.5 Å². The summed E-state index contributed by atoms with van der Waals surface area (Å²) in [6.45, 7) is 6.15. The van der Waals surface area contributed by atoms with E-state index in [1.807, 2.05) is 10.9 Å². The monoisotopic (exact) mass is 210 g/mol. The minimum Gasteiger partial charge on any atom is -0.452 e. The van der Waals surface area contributed by atoms with Crippen LogP contribution < -0.4 is 10.9 Å². The second-order valence-corrected chi connectivity index (χ2v) is 2.17. The zero-order valence-electron chi connectivity index (χ0n) is 9.05. The standard InChI is InChI=1S/C5H10N2O4.C3H8.2H2/c1-3-11-5(9)7-6-4(8)10-2;1-3-2;;/h3H2,1-2H3,(H,6,8)(H,7,9);3H2,1-2H3;2*1H. The van der Waals surface area contributed by atoms with Gasteiger partial charge in [-0.05, 0) is 6.92 Å². The van der Waals surface area contributed by atoms with Crippen molar-refractivity contribution in [3.05, 3.63) is 0 Å². The predicted molar refractivity (Wildman–Crippen MR) is 55.9 cm³/mol. The molecule has 0 heterocycles. The second kappa shape index (κ2) is 11.5. The van der Waals surface area contributed by atoms with Gasteiger partial charge >= 0.3 is 12.2 Å². The Kier molecular flexibility index (Phi) is 12.4. The van der Waals surface area contributed by atoms with Crippen molar-refractivity contribution in [3.8, 4) is 0 Å². The van der Waals surface area contributed by atoms with Crippen LogP contribution in [0.25, 0.3) is 0 Å². The number of carbonyl (C=O) groups excluding carboxylic acids is 2. The first-order valence-electron chi connectivity index (χ1n) is 4.38. The molecule has 0 aromatic heterocycles. The van der Waals surface area contributed by atoms with Crippen molar-refractivity contribution in [2.45, 2.75) is 27.2 Å². The van der Waals surface area contributed by atoms with Crippen LogP contribution in [0.15, 0.2) is 0 Å². The van der Waals surface area contributed by atoms with Crippen molar-refractivity contribution in [3.63, 3.8) is 0 Å². The van der Waals surface area contributed by atoms with Crippen LogP contribution in [0.1, 0.15) is 30.0 Å². The molecule has 0 aliphatic heterocycles. The first kappa shape index (κ1) is 15.0. The highest BCUT2D eigenvalue weighted by Crippen LogP contribution is 1.73. The Morgan fingerprint density at radius 1 is 1.14 bits per heavy atom. The normalized spacial score (nSPS) is 7.71. The van der Waals surface area contributed by atoms with Crippen LogP contribution in [-0.2, 0) is 9.47 Å². The average Bonchev–Trinajstić information content (AvgIpc) is 2.16. The molecule has 0 saturated heterocycles. The summed E-state index contributed by atoms with van der Waals surface area (Å²) in [6, 6.07) is 0. The number of hydrazine groups is 1. The van der Waals surface area contributed by atoms with Crippen molar-refractivity contribution in [1.82, 2.24) is 10.9 Å². The number of amides is 2. The van der Waals surface area contributed by atoms with Crippen LogP contribution in [-0.4, -0.2) is 25.9 Å². The van der Waals surface area contributed by atoms with E-state index in [2.05, 4.69) is 23.3 Å². The van der Waals surface area contributed by atoms with Gasteiger partial charge in [-0.25, -0.2) is 20.4 Å². The highest BCUT2D eigenvalue weighted by atomic mass is 16.6. The fraction of sp³-hybridized carbons (Fsp3) is 0.750. The van der Waals surface area contributed by atoms with Crippen molar-refractivity contribution in [1.29, 1.82) is 0 Å². The van der Waals surface area contributed by atoms with Gasteiger partial charge < -0.3 is 9.47 Å². The van der Waals surface area contributed by atoms with Crippen LogP contribution >= 0.6 is 0 Å². The Morgan fingerprint density at radius 2 is 1.57 bits per heavy atom. The van der Waals surface area contributed by atoms with Gasteiger partial charge in [0.15, 0.2) is 0 Å². The van der Waals surface area contributed by atoms with Crippen LogP contribution in [0.2, 0.25) is 0 Å². The highest BCUT2D eigenvalue weighted by molar-refractivity contribution is 5.73.